The lowest BCUT2D eigenvalue weighted by Crippen LogP contribution is -2.25. The van der Waals surface area contributed by atoms with Crippen molar-refractivity contribution in [2.45, 2.75) is 13.5 Å². The number of furan rings is 1. The van der Waals surface area contributed by atoms with Gasteiger partial charge in [0.25, 0.3) is 5.91 Å². The molecule has 0 saturated heterocycles. The molecule has 0 bridgehead atoms. The van der Waals surface area contributed by atoms with Crippen molar-refractivity contribution < 1.29 is 9.21 Å². The second kappa shape index (κ2) is 7.82. The van der Waals surface area contributed by atoms with E-state index in [1.165, 1.54) is 4.80 Å². The molecule has 8 nitrogen and oxygen atoms in total. The predicted molar refractivity (Wildman–Crippen MR) is 92.2 cm³/mol. The van der Waals surface area contributed by atoms with Gasteiger partial charge in [-0.1, -0.05) is 30.3 Å². The molecule has 8 heteroatoms. The van der Waals surface area contributed by atoms with Crippen LogP contribution in [0.5, 0.6) is 0 Å². The van der Waals surface area contributed by atoms with Crippen LogP contribution in [0.4, 0.5) is 0 Å². The molecule has 0 radical (unpaired) electrons. The Kier molecular flexibility index (Phi) is 5.10. The first kappa shape index (κ1) is 16.3. The number of hydrazone groups is 1. The van der Waals surface area contributed by atoms with Gasteiger partial charge in [0.1, 0.15) is 12.3 Å². The largest absolute Gasteiger partial charge is 0.465 e. The summed E-state index contributed by atoms with van der Waals surface area (Å²) in [6, 6.07) is 13.0. The molecule has 25 heavy (non-hydrogen) atoms. The minimum absolute atomic E-state index is 0.0709. The standard InChI is InChI=1S/C17H16N6O2/c1-13(9-10-15-8-5-11-25-15)18-19-16(24)12-23-21-17(20-22-23)14-6-3-2-4-7-14/h2-11H,12H2,1H3,(H,19,24)/b10-9+,18-13+. The molecule has 2 aromatic heterocycles. The number of tetrazole rings is 1. The van der Waals surface area contributed by atoms with Crippen LogP contribution in [0.15, 0.2) is 64.3 Å². The van der Waals surface area contributed by atoms with E-state index >= 15 is 0 Å². The Bertz CT molecular complexity index is 881. The van der Waals surface area contributed by atoms with Crippen LogP contribution in [0.2, 0.25) is 0 Å². The van der Waals surface area contributed by atoms with Crippen LogP contribution >= 0.6 is 0 Å². The highest BCUT2D eigenvalue weighted by atomic mass is 16.3. The maximum Gasteiger partial charge on any atom is 0.263 e. The molecule has 3 rings (SSSR count). The topological polar surface area (TPSA) is 98.2 Å². The molecule has 2 heterocycles. The monoisotopic (exact) mass is 336 g/mol. The van der Waals surface area contributed by atoms with E-state index in [0.29, 0.717) is 17.3 Å². The van der Waals surface area contributed by atoms with Crippen molar-refractivity contribution in [3.63, 3.8) is 0 Å². The first-order chi connectivity index (χ1) is 12.2. The normalized spacial score (nSPS) is 11.8. The fourth-order valence-electron chi connectivity index (χ4n) is 1.95. The molecule has 0 aliphatic heterocycles. The number of carbonyl (C=O) groups is 1. The summed E-state index contributed by atoms with van der Waals surface area (Å²) in [4.78, 5) is 13.1. The zero-order valence-corrected chi connectivity index (χ0v) is 13.5. The summed E-state index contributed by atoms with van der Waals surface area (Å²) in [6.07, 6.45) is 5.08. The summed E-state index contributed by atoms with van der Waals surface area (Å²) in [6.45, 7) is 1.69. The second-order valence-corrected chi connectivity index (χ2v) is 5.15. The maximum atomic E-state index is 11.9. The molecule has 0 spiro atoms. The molecule has 0 fully saturated rings. The fraction of sp³-hybridized carbons (Fsp3) is 0.118. The quantitative estimate of drug-likeness (QED) is 0.549. The van der Waals surface area contributed by atoms with Crippen molar-refractivity contribution in [2.75, 3.05) is 0 Å². The highest BCUT2D eigenvalue weighted by molar-refractivity contribution is 5.96. The molecule has 0 aliphatic rings. The number of benzene rings is 1. The minimum Gasteiger partial charge on any atom is -0.465 e. The molecular formula is C17H16N6O2. The summed E-state index contributed by atoms with van der Waals surface area (Å²) in [5.41, 5.74) is 3.91. The van der Waals surface area contributed by atoms with E-state index in [9.17, 15) is 4.79 Å². The Balaban J connectivity index is 1.54. The van der Waals surface area contributed by atoms with Crippen molar-refractivity contribution in [3.05, 3.63) is 60.6 Å². The van der Waals surface area contributed by atoms with Crippen LogP contribution in [0.25, 0.3) is 17.5 Å². The third kappa shape index (κ3) is 4.71. The van der Waals surface area contributed by atoms with E-state index in [1.54, 1.807) is 31.4 Å². The molecular weight excluding hydrogens is 320 g/mol. The summed E-state index contributed by atoms with van der Waals surface area (Å²) in [7, 11) is 0. The molecule has 1 aromatic carbocycles. The van der Waals surface area contributed by atoms with E-state index in [4.69, 9.17) is 4.42 Å². The Morgan fingerprint density at radius 1 is 1.28 bits per heavy atom. The molecule has 0 saturated carbocycles. The third-order valence-corrected chi connectivity index (χ3v) is 3.16. The molecule has 1 N–H and O–H groups in total. The number of allylic oxidation sites excluding steroid dienone is 1. The zero-order valence-electron chi connectivity index (χ0n) is 13.5. The Morgan fingerprint density at radius 2 is 2.12 bits per heavy atom. The number of nitrogens with one attached hydrogen (secondary N) is 1. The molecule has 0 unspecified atom stereocenters. The van der Waals surface area contributed by atoms with Gasteiger partial charge in [-0.2, -0.15) is 9.90 Å². The van der Waals surface area contributed by atoms with Crippen LogP contribution in [-0.2, 0) is 11.3 Å². The average Bonchev–Trinajstić information content (AvgIpc) is 3.31. The lowest BCUT2D eigenvalue weighted by Gasteiger charge is -1.99. The summed E-state index contributed by atoms with van der Waals surface area (Å²) in [5.74, 6) is 0.832. The lowest BCUT2D eigenvalue weighted by atomic mass is 10.2. The first-order valence-electron chi connectivity index (χ1n) is 7.58. The summed E-state index contributed by atoms with van der Waals surface area (Å²) in [5, 5.41) is 16.0. The number of aromatic nitrogens is 4. The zero-order chi connectivity index (χ0) is 17.5. The molecule has 1 amide bonds. The average molecular weight is 336 g/mol. The summed E-state index contributed by atoms with van der Waals surface area (Å²) >= 11 is 0. The van der Waals surface area contributed by atoms with Crippen molar-refractivity contribution in [1.82, 2.24) is 25.6 Å². The van der Waals surface area contributed by atoms with Gasteiger partial charge >= 0.3 is 0 Å². The Labute approximate surface area is 143 Å². The molecule has 126 valence electrons. The summed E-state index contributed by atoms with van der Waals surface area (Å²) < 4.78 is 5.17. The van der Waals surface area contributed by atoms with Crippen LogP contribution < -0.4 is 5.43 Å². The van der Waals surface area contributed by atoms with E-state index in [1.807, 2.05) is 36.4 Å². The van der Waals surface area contributed by atoms with Crippen LogP contribution in [0, 0.1) is 0 Å². The van der Waals surface area contributed by atoms with Gasteiger partial charge in [-0.15, -0.1) is 10.2 Å². The molecule has 3 aromatic rings. The Hall–Kier alpha value is -3.55. The molecule has 0 aliphatic carbocycles. The van der Waals surface area contributed by atoms with Crippen LogP contribution in [0.3, 0.4) is 0 Å². The number of carbonyl (C=O) groups excluding carboxylic acids is 1. The van der Waals surface area contributed by atoms with Gasteiger partial charge in [-0.3, -0.25) is 4.79 Å². The van der Waals surface area contributed by atoms with E-state index in [0.717, 1.165) is 5.56 Å². The van der Waals surface area contributed by atoms with Gasteiger partial charge in [-0.25, -0.2) is 5.43 Å². The van der Waals surface area contributed by atoms with Crippen molar-refractivity contribution in [3.8, 4) is 11.4 Å². The number of rotatable bonds is 6. The molecule has 0 atom stereocenters. The van der Waals surface area contributed by atoms with Gasteiger partial charge in [0.2, 0.25) is 5.82 Å². The van der Waals surface area contributed by atoms with Crippen molar-refractivity contribution in [2.24, 2.45) is 5.10 Å². The minimum atomic E-state index is -0.345. The Morgan fingerprint density at radius 3 is 2.88 bits per heavy atom. The number of amides is 1. The maximum absolute atomic E-state index is 11.9. The smallest absolute Gasteiger partial charge is 0.263 e. The van der Waals surface area contributed by atoms with Gasteiger partial charge in [-0.05, 0) is 36.4 Å². The fourth-order valence-corrected chi connectivity index (χ4v) is 1.95. The highest BCUT2D eigenvalue weighted by Crippen LogP contribution is 2.11. The number of nitrogens with zero attached hydrogens (tertiary/aromatic N) is 5. The van der Waals surface area contributed by atoms with Gasteiger partial charge < -0.3 is 4.42 Å². The predicted octanol–water partition coefficient (Wildman–Crippen LogP) is 2.14. The number of hydrogen-bond donors (Lipinski definition) is 1. The van der Waals surface area contributed by atoms with Crippen molar-refractivity contribution in [1.29, 1.82) is 0 Å². The van der Waals surface area contributed by atoms with Gasteiger partial charge in [0.05, 0.1) is 12.0 Å². The van der Waals surface area contributed by atoms with E-state index in [2.05, 4.69) is 25.9 Å². The van der Waals surface area contributed by atoms with E-state index in [-0.39, 0.29) is 12.5 Å². The van der Waals surface area contributed by atoms with Gasteiger partial charge in [0.15, 0.2) is 0 Å². The first-order valence-corrected chi connectivity index (χ1v) is 7.58. The van der Waals surface area contributed by atoms with Crippen molar-refractivity contribution >= 4 is 17.7 Å². The number of hydrogen-bond acceptors (Lipinski definition) is 6. The van der Waals surface area contributed by atoms with Crippen LogP contribution in [-0.4, -0.2) is 31.8 Å². The lowest BCUT2D eigenvalue weighted by molar-refractivity contribution is -0.122. The second-order valence-electron chi connectivity index (χ2n) is 5.15. The third-order valence-electron chi connectivity index (χ3n) is 3.16. The van der Waals surface area contributed by atoms with Crippen LogP contribution in [0.1, 0.15) is 12.7 Å². The van der Waals surface area contributed by atoms with E-state index < -0.39 is 0 Å². The van der Waals surface area contributed by atoms with Gasteiger partial charge in [0, 0.05) is 5.56 Å². The SMILES string of the molecule is CC(/C=C/c1ccco1)=N\NC(=O)Cn1nnc(-c2ccccc2)n1. The highest BCUT2D eigenvalue weighted by Gasteiger charge is 2.08.